The molecule has 16 heavy (non-hydrogen) atoms. The molecule has 4 nitrogen and oxygen atoms in total. The largest absolute Gasteiger partial charge is 0.393 e. The van der Waals surface area contributed by atoms with E-state index in [0.717, 1.165) is 32.4 Å². The zero-order valence-corrected chi connectivity index (χ0v) is 10.6. The molecular weight excluding hydrogens is 222 g/mol. The van der Waals surface area contributed by atoms with E-state index in [1.54, 1.807) is 0 Å². The van der Waals surface area contributed by atoms with E-state index in [1.807, 2.05) is 0 Å². The number of hydrogen-bond acceptors (Lipinski definition) is 3. The van der Waals surface area contributed by atoms with E-state index < -0.39 is 0 Å². The summed E-state index contributed by atoms with van der Waals surface area (Å²) in [4.78, 5) is 13.8. The maximum atomic E-state index is 10.8. The predicted molar refractivity (Wildman–Crippen MR) is 69.0 cm³/mol. The lowest BCUT2D eigenvalue weighted by molar-refractivity contribution is -0.119. The molecule has 1 fully saturated rings. The molecular formula is C11H21N3OS. The zero-order valence-electron chi connectivity index (χ0n) is 9.82. The highest BCUT2D eigenvalue weighted by Gasteiger charge is 2.23. The van der Waals surface area contributed by atoms with Gasteiger partial charge in [-0.2, -0.15) is 0 Å². The van der Waals surface area contributed by atoms with Gasteiger partial charge in [0, 0.05) is 18.9 Å². The number of likely N-dealkylation sites (tertiary alicyclic amines) is 1. The molecule has 1 unspecified atom stereocenters. The maximum absolute atomic E-state index is 10.8. The Hall–Kier alpha value is -0.680. The van der Waals surface area contributed by atoms with Crippen LogP contribution < -0.4 is 11.5 Å². The van der Waals surface area contributed by atoms with E-state index in [-0.39, 0.29) is 5.91 Å². The average Bonchev–Trinajstić information content (AvgIpc) is 2.16. The fraction of sp³-hybridized carbons (Fsp3) is 0.818. The minimum absolute atomic E-state index is 0.186. The van der Waals surface area contributed by atoms with Gasteiger partial charge in [-0.1, -0.05) is 12.2 Å². The first-order chi connectivity index (χ1) is 7.49. The highest BCUT2D eigenvalue weighted by molar-refractivity contribution is 7.80. The van der Waals surface area contributed by atoms with E-state index in [1.165, 1.54) is 0 Å². The first-order valence-electron chi connectivity index (χ1n) is 5.79. The Labute approximate surface area is 102 Å². The van der Waals surface area contributed by atoms with Gasteiger partial charge in [0.05, 0.1) is 4.99 Å². The Morgan fingerprint density at radius 2 is 2.00 bits per heavy atom. The highest BCUT2D eigenvalue weighted by Crippen LogP contribution is 2.22. The molecule has 0 aromatic rings. The number of carbonyl (C=O) groups is 1. The standard InChI is InChI=1S/C11H21N3OS/c1-8(6-11(13)16)14-4-2-9(3-5-14)7-10(12)15/h8-9H,2-7H2,1H3,(H2,12,15)(H2,13,16). The van der Waals surface area contributed by atoms with Crippen LogP contribution in [-0.4, -0.2) is 34.9 Å². The van der Waals surface area contributed by atoms with Crippen molar-refractivity contribution >= 4 is 23.1 Å². The molecule has 1 aliphatic rings. The molecule has 0 aliphatic carbocycles. The summed E-state index contributed by atoms with van der Waals surface area (Å²) in [5.41, 5.74) is 10.7. The zero-order chi connectivity index (χ0) is 12.1. The Balaban J connectivity index is 2.31. The van der Waals surface area contributed by atoms with Crippen LogP contribution in [0.15, 0.2) is 0 Å². The van der Waals surface area contributed by atoms with Crippen molar-refractivity contribution < 1.29 is 4.79 Å². The number of nitrogens with two attached hydrogens (primary N) is 2. The van der Waals surface area contributed by atoms with Crippen molar-refractivity contribution in [3.8, 4) is 0 Å². The summed E-state index contributed by atoms with van der Waals surface area (Å²) in [6, 6.07) is 0.409. The first-order valence-corrected chi connectivity index (χ1v) is 6.20. The summed E-state index contributed by atoms with van der Waals surface area (Å²) in [6.07, 6.45) is 3.39. The van der Waals surface area contributed by atoms with Gasteiger partial charge in [-0.05, 0) is 38.8 Å². The predicted octanol–water partition coefficient (Wildman–Crippen LogP) is 0.638. The Morgan fingerprint density at radius 3 is 2.44 bits per heavy atom. The average molecular weight is 243 g/mol. The van der Waals surface area contributed by atoms with Crippen molar-refractivity contribution in [2.24, 2.45) is 17.4 Å². The van der Waals surface area contributed by atoms with Crippen LogP contribution in [0.25, 0.3) is 0 Å². The third-order valence-electron chi connectivity index (χ3n) is 3.26. The van der Waals surface area contributed by atoms with E-state index in [0.29, 0.717) is 23.4 Å². The molecule has 4 N–H and O–H groups in total. The third kappa shape index (κ3) is 4.45. The Bertz CT molecular complexity index is 262. The summed E-state index contributed by atoms with van der Waals surface area (Å²) in [5, 5.41) is 0. The molecule has 1 heterocycles. The fourth-order valence-corrected chi connectivity index (χ4v) is 2.54. The lowest BCUT2D eigenvalue weighted by Gasteiger charge is -2.35. The number of carbonyl (C=O) groups excluding carboxylic acids is 1. The van der Waals surface area contributed by atoms with E-state index in [9.17, 15) is 4.79 Å². The van der Waals surface area contributed by atoms with Crippen molar-refractivity contribution in [1.82, 2.24) is 4.90 Å². The number of nitrogens with zero attached hydrogens (tertiary/aromatic N) is 1. The molecule has 0 radical (unpaired) electrons. The SMILES string of the molecule is CC(CC(N)=S)N1CCC(CC(N)=O)CC1. The first kappa shape index (κ1) is 13.4. The van der Waals surface area contributed by atoms with Crippen LogP contribution in [0.1, 0.15) is 32.6 Å². The quantitative estimate of drug-likeness (QED) is 0.695. The van der Waals surface area contributed by atoms with Gasteiger partial charge >= 0.3 is 0 Å². The molecule has 1 aliphatic heterocycles. The fourth-order valence-electron chi connectivity index (χ4n) is 2.30. The van der Waals surface area contributed by atoms with Crippen LogP contribution in [0.5, 0.6) is 0 Å². The minimum atomic E-state index is -0.186. The van der Waals surface area contributed by atoms with Gasteiger partial charge in [0.2, 0.25) is 5.91 Å². The summed E-state index contributed by atoms with van der Waals surface area (Å²) < 4.78 is 0. The molecule has 0 aromatic heterocycles. The second-order valence-corrected chi connectivity index (χ2v) is 5.19. The van der Waals surface area contributed by atoms with Gasteiger partial charge in [-0.25, -0.2) is 0 Å². The lowest BCUT2D eigenvalue weighted by atomic mass is 9.92. The van der Waals surface area contributed by atoms with Crippen molar-refractivity contribution in [1.29, 1.82) is 0 Å². The summed E-state index contributed by atoms with van der Waals surface area (Å²) in [6.45, 7) is 4.18. The Morgan fingerprint density at radius 1 is 1.44 bits per heavy atom. The van der Waals surface area contributed by atoms with E-state index in [2.05, 4.69) is 11.8 Å². The molecule has 0 bridgehead atoms. The second-order valence-electron chi connectivity index (χ2n) is 4.67. The van der Waals surface area contributed by atoms with Crippen LogP contribution >= 0.6 is 12.2 Å². The van der Waals surface area contributed by atoms with E-state index in [4.69, 9.17) is 23.7 Å². The molecule has 1 amide bonds. The minimum Gasteiger partial charge on any atom is -0.393 e. The van der Waals surface area contributed by atoms with Crippen molar-refractivity contribution in [2.45, 2.75) is 38.6 Å². The van der Waals surface area contributed by atoms with Gasteiger partial charge in [0.25, 0.3) is 0 Å². The molecule has 1 rings (SSSR count). The highest BCUT2D eigenvalue weighted by atomic mass is 32.1. The number of primary amides is 1. The monoisotopic (exact) mass is 243 g/mol. The van der Waals surface area contributed by atoms with Gasteiger partial charge in [0.15, 0.2) is 0 Å². The van der Waals surface area contributed by atoms with Crippen molar-refractivity contribution in [2.75, 3.05) is 13.1 Å². The summed E-state index contributed by atoms with van der Waals surface area (Å²) >= 11 is 4.91. The topological polar surface area (TPSA) is 72.3 Å². The van der Waals surface area contributed by atoms with Gasteiger partial charge in [-0.15, -0.1) is 0 Å². The van der Waals surface area contributed by atoms with Gasteiger partial charge in [-0.3, -0.25) is 4.79 Å². The molecule has 5 heteroatoms. The van der Waals surface area contributed by atoms with Gasteiger partial charge in [0.1, 0.15) is 0 Å². The molecule has 92 valence electrons. The summed E-state index contributed by atoms with van der Waals surface area (Å²) in [7, 11) is 0. The molecule has 0 aromatic carbocycles. The molecule has 1 atom stereocenters. The smallest absolute Gasteiger partial charge is 0.217 e. The van der Waals surface area contributed by atoms with Crippen LogP contribution in [0, 0.1) is 5.92 Å². The second kappa shape index (κ2) is 6.15. The van der Waals surface area contributed by atoms with E-state index >= 15 is 0 Å². The number of piperidine rings is 1. The number of amides is 1. The Kier molecular flexibility index (Phi) is 5.15. The summed E-state index contributed by atoms with van der Waals surface area (Å²) in [5.74, 6) is 0.278. The molecule has 1 saturated heterocycles. The van der Waals surface area contributed by atoms with Gasteiger partial charge < -0.3 is 16.4 Å². The third-order valence-corrected chi connectivity index (χ3v) is 3.43. The van der Waals surface area contributed by atoms with Crippen LogP contribution in [0.3, 0.4) is 0 Å². The van der Waals surface area contributed by atoms with Crippen LogP contribution in [0.2, 0.25) is 0 Å². The maximum Gasteiger partial charge on any atom is 0.217 e. The molecule has 0 spiro atoms. The molecule has 0 saturated carbocycles. The van der Waals surface area contributed by atoms with Crippen LogP contribution in [-0.2, 0) is 4.79 Å². The normalized spacial score (nSPS) is 20.6. The van der Waals surface area contributed by atoms with Crippen LogP contribution in [0.4, 0.5) is 0 Å². The number of thiocarbonyl (C=S) groups is 1. The van der Waals surface area contributed by atoms with Crippen molar-refractivity contribution in [3.63, 3.8) is 0 Å². The van der Waals surface area contributed by atoms with Crippen molar-refractivity contribution in [3.05, 3.63) is 0 Å². The number of hydrogen-bond donors (Lipinski definition) is 2. The lowest BCUT2D eigenvalue weighted by Crippen LogP contribution is -2.42. The number of rotatable bonds is 5.